The van der Waals surface area contributed by atoms with Gasteiger partial charge < -0.3 is 5.32 Å². The second-order valence-corrected chi connectivity index (χ2v) is 3.69. The quantitative estimate of drug-likeness (QED) is 0.430. The summed E-state index contributed by atoms with van der Waals surface area (Å²) in [4.78, 5) is 10.5. The Labute approximate surface area is 134 Å². The number of nitrogens with zero attached hydrogens (tertiary/aromatic N) is 1. The predicted octanol–water partition coefficient (Wildman–Crippen LogP) is 5.71. The highest BCUT2D eigenvalue weighted by atomic mass is 16.6. The molecule has 1 aromatic carbocycles. The average molecular weight is 304 g/mol. The molecule has 0 saturated heterocycles. The Hall–Kier alpha value is -2.36. The molecule has 0 spiro atoms. The van der Waals surface area contributed by atoms with E-state index in [0.29, 0.717) is 5.70 Å². The topological polar surface area (TPSA) is 55.2 Å². The number of nitro groups is 1. The van der Waals surface area contributed by atoms with Crippen LogP contribution >= 0.6 is 0 Å². The van der Waals surface area contributed by atoms with E-state index < -0.39 is 4.92 Å². The van der Waals surface area contributed by atoms with Crippen LogP contribution in [0.15, 0.2) is 60.5 Å². The van der Waals surface area contributed by atoms with Crippen LogP contribution in [0, 0.1) is 17.0 Å². The van der Waals surface area contributed by atoms with Crippen LogP contribution in [-0.2, 0) is 0 Å². The van der Waals surface area contributed by atoms with Gasteiger partial charge in [0.1, 0.15) is 5.70 Å². The molecule has 0 heterocycles. The number of allylic oxidation sites excluding steroid dienone is 3. The largest absolute Gasteiger partial charge is 0.350 e. The summed E-state index contributed by atoms with van der Waals surface area (Å²) < 4.78 is 0. The van der Waals surface area contributed by atoms with Crippen LogP contribution in [-0.4, -0.2) is 4.92 Å². The number of anilines is 1. The number of aryl methyl sites for hydroxylation is 1. The number of benzene rings is 1. The third kappa shape index (κ3) is 7.43. The van der Waals surface area contributed by atoms with Gasteiger partial charge in [0.2, 0.25) is 0 Å². The van der Waals surface area contributed by atoms with Crippen LogP contribution in [0.25, 0.3) is 0 Å². The summed E-state index contributed by atoms with van der Waals surface area (Å²) in [5.41, 5.74) is 2.32. The maximum absolute atomic E-state index is 11.0. The average Bonchev–Trinajstić information content (AvgIpc) is 2.56. The van der Waals surface area contributed by atoms with Gasteiger partial charge in [-0.3, -0.25) is 10.1 Å². The van der Waals surface area contributed by atoms with Crippen LogP contribution in [0.3, 0.4) is 0 Å². The lowest BCUT2D eigenvalue weighted by Crippen LogP contribution is -2.10. The summed E-state index contributed by atoms with van der Waals surface area (Å²) in [7, 11) is 0. The standard InChI is InChI=1S/C14H16N2O2.2C2H6/c1-4-8-14(16(17)18)12(5-2)15-13-10-7-6-9-11(13)3;2*1-2/h4-10,15H,1H2,2-3H3;2*1-2H3/b12-5+,14-8+;;. The van der Waals surface area contributed by atoms with Crippen molar-refractivity contribution in [2.45, 2.75) is 41.5 Å². The molecule has 4 heteroatoms. The summed E-state index contributed by atoms with van der Waals surface area (Å²) >= 11 is 0. The zero-order chi connectivity index (χ0) is 17.5. The van der Waals surface area contributed by atoms with Crippen molar-refractivity contribution in [2.75, 3.05) is 5.32 Å². The lowest BCUT2D eigenvalue weighted by atomic mass is 10.2. The Bertz CT molecular complexity index is 518. The molecule has 0 saturated carbocycles. The normalized spacial score (nSPS) is 10.5. The number of nitrogens with one attached hydrogen (secondary N) is 1. The van der Waals surface area contributed by atoms with Gasteiger partial charge in [0.25, 0.3) is 5.70 Å². The van der Waals surface area contributed by atoms with Crippen molar-refractivity contribution >= 4 is 5.69 Å². The van der Waals surface area contributed by atoms with Crippen molar-refractivity contribution in [3.05, 3.63) is 76.1 Å². The van der Waals surface area contributed by atoms with E-state index >= 15 is 0 Å². The van der Waals surface area contributed by atoms with Crippen LogP contribution in [0.5, 0.6) is 0 Å². The molecule has 0 radical (unpaired) electrons. The Morgan fingerprint density at radius 2 is 1.77 bits per heavy atom. The SMILES string of the molecule is C=C/C=C(\C(=C/C)Nc1ccccc1C)[N+](=O)[O-].CC.CC. The highest BCUT2D eigenvalue weighted by molar-refractivity contribution is 5.57. The zero-order valence-electron chi connectivity index (χ0n) is 14.5. The molecular formula is C18H28N2O2. The molecule has 0 fully saturated rings. The molecule has 122 valence electrons. The first-order valence-electron chi connectivity index (χ1n) is 7.56. The van der Waals surface area contributed by atoms with Crippen LogP contribution in [0.2, 0.25) is 0 Å². The third-order valence-electron chi connectivity index (χ3n) is 2.45. The Kier molecular flexibility index (Phi) is 13.6. The first kappa shape index (κ1) is 21.9. The van der Waals surface area contributed by atoms with Crippen LogP contribution in [0.1, 0.15) is 40.2 Å². The molecule has 4 nitrogen and oxygen atoms in total. The fraction of sp³-hybridized carbons (Fsp3) is 0.333. The van der Waals surface area contributed by atoms with Gasteiger partial charge in [-0.2, -0.15) is 0 Å². The van der Waals surface area contributed by atoms with E-state index in [0.717, 1.165) is 11.3 Å². The van der Waals surface area contributed by atoms with E-state index in [4.69, 9.17) is 0 Å². The Morgan fingerprint density at radius 3 is 2.18 bits per heavy atom. The van der Waals surface area contributed by atoms with Crippen LogP contribution in [0.4, 0.5) is 5.69 Å². The van der Waals surface area contributed by atoms with E-state index in [1.165, 1.54) is 12.2 Å². The molecule has 22 heavy (non-hydrogen) atoms. The van der Waals surface area contributed by atoms with Gasteiger partial charge in [0.15, 0.2) is 0 Å². The van der Waals surface area contributed by atoms with E-state index in [9.17, 15) is 10.1 Å². The maximum atomic E-state index is 11.0. The summed E-state index contributed by atoms with van der Waals surface area (Å²) in [5, 5.41) is 14.0. The number of para-hydroxylation sites is 1. The molecule has 0 bridgehead atoms. The van der Waals surface area contributed by atoms with Crippen molar-refractivity contribution in [1.82, 2.24) is 0 Å². The molecule has 0 aliphatic rings. The Morgan fingerprint density at radius 1 is 1.23 bits per heavy atom. The highest BCUT2D eigenvalue weighted by Crippen LogP contribution is 2.19. The smallest absolute Gasteiger partial charge is 0.292 e. The summed E-state index contributed by atoms with van der Waals surface area (Å²) in [6.07, 6.45) is 4.45. The van der Waals surface area contributed by atoms with Gasteiger partial charge in [-0.25, -0.2) is 0 Å². The fourth-order valence-electron chi connectivity index (χ4n) is 1.50. The summed E-state index contributed by atoms with van der Waals surface area (Å²) in [6, 6.07) is 7.62. The maximum Gasteiger partial charge on any atom is 0.292 e. The number of rotatable bonds is 5. The minimum Gasteiger partial charge on any atom is -0.350 e. The van der Waals surface area contributed by atoms with Gasteiger partial charge in [-0.05, 0) is 25.5 Å². The fourth-order valence-corrected chi connectivity index (χ4v) is 1.50. The molecule has 1 aromatic rings. The van der Waals surface area contributed by atoms with Gasteiger partial charge in [-0.15, -0.1) is 0 Å². The summed E-state index contributed by atoms with van der Waals surface area (Å²) in [6.45, 7) is 15.2. The third-order valence-corrected chi connectivity index (χ3v) is 2.45. The van der Waals surface area contributed by atoms with Crippen molar-refractivity contribution in [1.29, 1.82) is 0 Å². The molecule has 0 aromatic heterocycles. The lowest BCUT2D eigenvalue weighted by Gasteiger charge is -2.10. The first-order valence-corrected chi connectivity index (χ1v) is 7.56. The van der Waals surface area contributed by atoms with Gasteiger partial charge >= 0.3 is 0 Å². The van der Waals surface area contributed by atoms with E-state index in [1.807, 2.05) is 58.9 Å². The monoisotopic (exact) mass is 304 g/mol. The molecule has 1 rings (SSSR count). The molecule has 0 aliphatic heterocycles. The number of hydrogen-bond donors (Lipinski definition) is 1. The van der Waals surface area contributed by atoms with Crippen molar-refractivity contribution in [2.24, 2.45) is 0 Å². The van der Waals surface area contributed by atoms with E-state index in [-0.39, 0.29) is 5.70 Å². The molecule has 0 atom stereocenters. The van der Waals surface area contributed by atoms with E-state index in [2.05, 4.69) is 11.9 Å². The molecular weight excluding hydrogens is 276 g/mol. The second-order valence-electron chi connectivity index (χ2n) is 3.69. The van der Waals surface area contributed by atoms with Crippen molar-refractivity contribution < 1.29 is 4.92 Å². The Balaban J connectivity index is 0. The van der Waals surface area contributed by atoms with Gasteiger partial charge in [0, 0.05) is 11.8 Å². The van der Waals surface area contributed by atoms with E-state index in [1.54, 1.807) is 13.0 Å². The molecule has 0 amide bonds. The number of hydrogen-bond acceptors (Lipinski definition) is 3. The second kappa shape index (κ2) is 13.6. The van der Waals surface area contributed by atoms with Gasteiger partial charge in [0.05, 0.1) is 4.92 Å². The molecule has 0 aliphatic carbocycles. The first-order chi connectivity index (χ1) is 10.6. The zero-order valence-corrected chi connectivity index (χ0v) is 14.5. The van der Waals surface area contributed by atoms with Crippen molar-refractivity contribution in [3.63, 3.8) is 0 Å². The molecule has 1 N–H and O–H groups in total. The lowest BCUT2D eigenvalue weighted by molar-refractivity contribution is -0.420. The minimum atomic E-state index is -0.428. The predicted molar refractivity (Wildman–Crippen MR) is 96.5 cm³/mol. The van der Waals surface area contributed by atoms with Crippen LogP contribution < -0.4 is 5.32 Å². The highest BCUT2D eigenvalue weighted by Gasteiger charge is 2.16. The minimum absolute atomic E-state index is 0.00393. The summed E-state index contributed by atoms with van der Waals surface area (Å²) in [5.74, 6) is 0. The molecule has 0 unspecified atom stereocenters. The van der Waals surface area contributed by atoms with Crippen molar-refractivity contribution in [3.8, 4) is 0 Å². The van der Waals surface area contributed by atoms with Gasteiger partial charge in [-0.1, -0.05) is 64.6 Å².